The summed E-state index contributed by atoms with van der Waals surface area (Å²) in [6.45, 7) is -16.6. The highest BCUT2D eigenvalue weighted by Crippen LogP contribution is 2.03. The van der Waals surface area contributed by atoms with Gasteiger partial charge in [0.05, 0.1) is 4.11 Å². The molecular formula is C24H52N4O8. The van der Waals surface area contributed by atoms with Gasteiger partial charge in [0.15, 0.2) is 0 Å². The number of carbonyl (C=O) groups is 4. The molecule has 12 nitrogen and oxygen atoms in total. The van der Waals surface area contributed by atoms with E-state index in [4.69, 9.17) is 79.0 Å². The number of nitrogens with two attached hydrogens (primary N) is 4. The van der Waals surface area contributed by atoms with Gasteiger partial charge in [-0.3, -0.25) is 19.2 Å². The molecule has 0 amide bonds. The van der Waals surface area contributed by atoms with E-state index in [1.807, 2.05) is 13.8 Å². The second-order valence-electron chi connectivity index (χ2n) is 6.76. The van der Waals surface area contributed by atoms with Crippen molar-refractivity contribution in [3.05, 3.63) is 0 Å². The molecule has 0 heterocycles. The standard InChI is InChI=1S/4C6H13NO2/c4*1-4(2)3-5(7)6(8)9/h4*4-5H,3,7H2,1-2H3,(H,8,9)/t4*5-/m0000/s1/i1D3,2D3,3D2,4D,5D;1D3,2D3,4D,5D;1D3,2D3,4D;5D. The third-order valence-corrected chi connectivity index (χ3v) is 2.78. The van der Waals surface area contributed by atoms with Crippen LogP contribution in [-0.4, -0.2) is 68.4 Å². The topological polar surface area (TPSA) is 253 Å². The van der Waals surface area contributed by atoms with Crippen molar-refractivity contribution in [1.29, 1.82) is 0 Å². The highest BCUT2D eigenvalue weighted by Gasteiger charge is 2.14. The Labute approximate surface area is 252 Å². The van der Waals surface area contributed by atoms with Gasteiger partial charge in [0, 0.05) is 31.5 Å². The van der Waals surface area contributed by atoms with Gasteiger partial charge in [-0.2, -0.15) is 0 Å². The number of hydrogen-bond donors (Lipinski definition) is 8. The molecule has 0 bridgehead atoms. The van der Waals surface area contributed by atoms with Crippen LogP contribution >= 0.6 is 0 Å². The number of rotatable bonds is 12. The molecule has 12 N–H and O–H groups in total. The van der Waals surface area contributed by atoms with Crippen molar-refractivity contribution in [3.8, 4) is 0 Å². The molecule has 4 atom stereocenters. The first-order valence-corrected chi connectivity index (χ1v) is 9.33. The van der Waals surface area contributed by atoms with Crippen LogP contribution in [0.1, 0.15) is 116 Å². The summed E-state index contributed by atoms with van der Waals surface area (Å²) in [5.74, 6) is -16.7. The van der Waals surface area contributed by atoms with Gasteiger partial charge in [-0.15, -0.1) is 0 Å². The lowest BCUT2D eigenvalue weighted by molar-refractivity contribution is -0.139. The van der Waals surface area contributed by atoms with E-state index in [1.54, 1.807) is 0 Å². The lowest BCUT2D eigenvalue weighted by Gasteiger charge is -2.07. The monoisotopic (exact) mass is 551 g/mol. The summed E-state index contributed by atoms with van der Waals surface area (Å²) in [5.41, 5.74) is 20.1. The minimum Gasteiger partial charge on any atom is -0.480 e. The molecule has 12 heteroatoms. The maximum Gasteiger partial charge on any atom is 0.320 e. The predicted molar refractivity (Wildman–Crippen MR) is 140 cm³/mol. The van der Waals surface area contributed by atoms with Crippen molar-refractivity contribution in [1.82, 2.24) is 0 Å². The minimum atomic E-state index is -3.87. The lowest BCUT2D eigenvalue weighted by atomic mass is 10.1. The Morgan fingerprint density at radius 1 is 0.639 bits per heavy atom. The van der Waals surface area contributed by atoms with Crippen LogP contribution in [0.25, 0.3) is 0 Å². The molecule has 0 aromatic heterocycles. The molecule has 0 rings (SSSR count). The third-order valence-electron chi connectivity index (χ3n) is 2.78. The highest BCUT2D eigenvalue weighted by atomic mass is 16.4. The summed E-state index contributed by atoms with van der Waals surface area (Å²) in [6.07, 6.45) is -5.98. The molecule has 0 radical (unpaired) electrons. The Balaban J connectivity index is -0.000000369. The van der Waals surface area contributed by atoms with Crippen LogP contribution in [0.2, 0.25) is 0 Å². The second kappa shape index (κ2) is 23.1. The Morgan fingerprint density at radius 2 is 1.00 bits per heavy atom. The lowest BCUT2D eigenvalue weighted by Crippen LogP contribution is -2.31. The van der Waals surface area contributed by atoms with E-state index >= 15 is 0 Å². The van der Waals surface area contributed by atoms with Crippen molar-refractivity contribution in [2.24, 2.45) is 46.5 Å². The highest BCUT2D eigenvalue weighted by molar-refractivity contribution is 5.74. The summed E-state index contributed by atoms with van der Waals surface area (Å²) in [4.78, 5) is 42.1. The van der Waals surface area contributed by atoms with E-state index in [0.717, 1.165) is 0 Å². The van der Waals surface area contributed by atoms with Crippen molar-refractivity contribution >= 4 is 23.9 Å². The van der Waals surface area contributed by atoms with Crippen molar-refractivity contribution in [3.63, 3.8) is 0 Å². The molecular weight excluding hydrogens is 472 g/mol. The third kappa shape index (κ3) is 33.9. The summed E-state index contributed by atoms with van der Waals surface area (Å²) in [6, 6.07) is -9.96. The van der Waals surface area contributed by atoms with Crippen LogP contribution in [0.3, 0.4) is 0 Å². The zero-order chi connectivity index (χ0) is 52.1. The number of hydrogen-bond acceptors (Lipinski definition) is 8. The Hall–Kier alpha value is -2.28. The van der Waals surface area contributed by atoms with E-state index < -0.39 is 126 Å². The molecule has 0 aliphatic heterocycles. The van der Waals surface area contributed by atoms with Gasteiger partial charge < -0.3 is 43.4 Å². The van der Waals surface area contributed by atoms with Gasteiger partial charge in [-0.25, -0.2) is 0 Å². The summed E-state index contributed by atoms with van der Waals surface area (Å²) < 4.78 is 185. The summed E-state index contributed by atoms with van der Waals surface area (Å²) in [7, 11) is 0. The molecule has 0 saturated carbocycles. The van der Waals surface area contributed by atoms with Gasteiger partial charge >= 0.3 is 23.9 Å². The second-order valence-corrected chi connectivity index (χ2v) is 6.76. The molecule has 0 saturated heterocycles. The first-order chi connectivity index (χ1) is 26.3. The number of aliphatic carboxylic acids is 4. The maximum atomic E-state index is 10.8. The van der Waals surface area contributed by atoms with E-state index in [1.165, 1.54) is 0 Å². The fourth-order valence-corrected chi connectivity index (χ4v) is 1.29. The molecule has 0 spiro atoms. The Kier molecular flexibility index (Phi) is 7.47. The fraction of sp³-hybridized carbons (Fsp3) is 0.833. The SMILES string of the molecule is [2H]C([2H])([2H])C([2H])(C([2H])([2H])[2H])C([2H])([2H])[C@]([2H])(N)C(=O)O.[2H]C([2H])([2H])C([2H])(C[C@H](N)C(=O)O)C([2H])([2H])[2H].[2H]C([2H])([2H])C([2H])(C[C@]([2H])(N)C(=O)O)C([2H])([2H])[2H].[2H][C@](N)(CC(C)C)C(=O)O. The average Bonchev–Trinajstić information content (AvgIpc) is 2.96. The van der Waals surface area contributed by atoms with Gasteiger partial charge in [-0.05, 0) is 49.2 Å². The average molecular weight is 551 g/mol. The van der Waals surface area contributed by atoms with Crippen LogP contribution in [0.5, 0.6) is 0 Å². The molecule has 0 fully saturated rings. The number of carboxylic acids is 4. The largest absolute Gasteiger partial charge is 0.480 e. The van der Waals surface area contributed by atoms with Gasteiger partial charge in [-0.1, -0.05) is 55.0 Å². The number of carboxylic acid groups (broad SMARTS) is 4. The van der Waals surface area contributed by atoms with Crippen LogP contribution in [0, 0.1) is 23.6 Å². The predicted octanol–water partition coefficient (Wildman–Crippen LogP) is 1.78. The summed E-state index contributed by atoms with van der Waals surface area (Å²) in [5, 5.41) is 34.1. The first kappa shape index (κ1) is 11.6. The molecule has 0 unspecified atom stereocenters. The molecule has 0 aliphatic rings. The zero-order valence-electron chi connectivity index (χ0n) is 45.5. The van der Waals surface area contributed by atoms with Gasteiger partial charge in [0.2, 0.25) is 0 Å². The van der Waals surface area contributed by atoms with Crippen molar-refractivity contribution < 1.29 is 75.2 Å². The Bertz CT molecular complexity index is 1470. The maximum absolute atomic E-state index is 10.8. The van der Waals surface area contributed by atoms with Crippen LogP contribution in [0.4, 0.5) is 0 Å². The van der Waals surface area contributed by atoms with Crippen LogP contribution in [-0.2, 0) is 19.2 Å². The van der Waals surface area contributed by atoms with E-state index in [0.29, 0.717) is 0 Å². The first-order valence-electron chi connectivity index (χ1n) is 22.3. The smallest absolute Gasteiger partial charge is 0.320 e. The molecule has 0 aliphatic carbocycles. The molecule has 0 aromatic carbocycles. The quantitative estimate of drug-likeness (QED) is 0.173. The van der Waals surface area contributed by atoms with E-state index in [9.17, 15) is 19.2 Å². The van der Waals surface area contributed by atoms with E-state index in [2.05, 4.69) is 0 Å². The fourth-order valence-electron chi connectivity index (χ4n) is 1.29. The van der Waals surface area contributed by atoms with Crippen molar-refractivity contribution in [2.45, 2.75) is 105 Å². The minimum absolute atomic E-state index is 0.138. The van der Waals surface area contributed by atoms with Crippen LogP contribution in [0.15, 0.2) is 0 Å². The molecule has 216 valence electrons. The Morgan fingerprint density at radius 3 is 1.28 bits per heavy atom. The summed E-state index contributed by atoms with van der Waals surface area (Å²) >= 11 is 0. The van der Waals surface area contributed by atoms with Crippen molar-refractivity contribution in [2.75, 3.05) is 0 Å². The molecule has 0 aromatic rings. The normalized spacial score (nSPS) is 30.4. The van der Waals surface area contributed by atoms with Gasteiger partial charge in [0.1, 0.15) is 24.1 Å². The zero-order valence-corrected chi connectivity index (χ0v) is 19.5. The van der Waals surface area contributed by atoms with Crippen LogP contribution < -0.4 is 22.9 Å². The van der Waals surface area contributed by atoms with E-state index in [-0.39, 0.29) is 12.3 Å². The van der Waals surface area contributed by atoms with Gasteiger partial charge in [0.25, 0.3) is 0 Å². The molecule has 36 heavy (non-hydrogen) atoms.